The maximum atomic E-state index is 13.8. The number of halogens is 2. The molecule has 2 aromatic rings. The summed E-state index contributed by atoms with van der Waals surface area (Å²) in [6.07, 6.45) is 4.46. The van der Waals surface area contributed by atoms with E-state index in [0.29, 0.717) is 19.0 Å². The molecule has 0 spiro atoms. The van der Waals surface area contributed by atoms with Crippen LogP contribution in [-0.2, 0) is 0 Å². The van der Waals surface area contributed by atoms with Crippen LogP contribution >= 0.6 is 0 Å². The highest BCUT2D eigenvalue weighted by Gasteiger charge is 2.25. The number of nitrogens with zero attached hydrogens (tertiary/aromatic N) is 3. The van der Waals surface area contributed by atoms with Gasteiger partial charge in [0.15, 0.2) is 17.3 Å². The molecule has 1 saturated heterocycles. The monoisotopic (exact) mass is 348 g/mol. The average molecular weight is 348 g/mol. The summed E-state index contributed by atoms with van der Waals surface area (Å²) in [5, 5.41) is 7.23. The number of carbonyl (C=O) groups excluding carboxylic acids is 1. The van der Waals surface area contributed by atoms with Gasteiger partial charge in [-0.05, 0) is 57.0 Å². The van der Waals surface area contributed by atoms with Crippen molar-refractivity contribution < 1.29 is 13.6 Å². The predicted molar refractivity (Wildman–Crippen MR) is 90.7 cm³/mol. The lowest BCUT2D eigenvalue weighted by atomic mass is 9.93. The molecule has 1 fully saturated rings. The summed E-state index contributed by atoms with van der Waals surface area (Å²) in [4.78, 5) is 14.3. The Balaban J connectivity index is 1.68. The van der Waals surface area contributed by atoms with Crippen molar-refractivity contribution >= 4 is 5.91 Å². The molecule has 1 aliphatic heterocycles. The lowest BCUT2D eigenvalue weighted by Gasteiger charge is -2.31. The molecule has 0 unspecified atom stereocenters. The number of piperidine rings is 1. The Hall–Kier alpha value is -2.28. The number of hydrogen-bond acceptors (Lipinski definition) is 3. The lowest BCUT2D eigenvalue weighted by Crippen LogP contribution is -2.39. The number of rotatable bonds is 5. The van der Waals surface area contributed by atoms with Crippen molar-refractivity contribution in [3.63, 3.8) is 0 Å². The van der Waals surface area contributed by atoms with Crippen LogP contribution in [0, 0.1) is 17.6 Å². The second-order valence-electron chi connectivity index (χ2n) is 6.34. The van der Waals surface area contributed by atoms with Crippen LogP contribution in [0.15, 0.2) is 30.5 Å². The highest BCUT2D eigenvalue weighted by molar-refractivity contribution is 5.92. The highest BCUT2D eigenvalue weighted by Crippen LogP contribution is 2.22. The van der Waals surface area contributed by atoms with Gasteiger partial charge in [-0.25, -0.2) is 13.5 Å². The van der Waals surface area contributed by atoms with E-state index in [-0.39, 0.29) is 17.3 Å². The molecule has 0 radical (unpaired) electrons. The van der Waals surface area contributed by atoms with Crippen LogP contribution in [-0.4, -0.2) is 47.3 Å². The van der Waals surface area contributed by atoms with Gasteiger partial charge in [-0.3, -0.25) is 4.79 Å². The van der Waals surface area contributed by atoms with Gasteiger partial charge in [-0.1, -0.05) is 6.07 Å². The van der Waals surface area contributed by atoms with Crippen LogP contribution in [0.1, 0.15) is 29.8 Å². The van der Waals surface area contributed by atoms with E-state index in [4.69, 9.17) is 0 Å². The first-order valence-electron chi connectivity index (χ1n) is 8.54. The van der Waals surface area contributed by atoms with Crippen LogP contribution < -0.4 is 5.32 Å². The molecule has 0 aliphatic carbocycles. The molecule has 0 bridgehead atoms. The molecule has 25 heavy (non-hydrogen) atoms. The average Bonchev–Trinajstić information content (AvgIpc) is 3.09. The fourth-order valence-corrected chi connectivity index (χ4v) is 3.21. The maximum Gasteiger partial charge on any atom is 0.274 e. The molecule has 1 N–H and O–H groups in total. The predicted octanol–water partition coefficient (Wildman–Crippen LogP) is 2.61. The molecule has 3 rings (SSSR count). The molecule has 2 heterocycles. The molecule has 1 aliphatic rings. The first kappa shape index (κ1) is 17.5. The zero-order valence-electron chi connectivity index (χ0n) is 14.2. The Morgan fingerprint density at radius 1 is 1.24 bits per heavy atom. The van der Waals surface area contributed by atoms with E-state index in [9.17, 15) is 13.6 Å². The quantitative estimate of drug-likeness (QED) is 0.904. The SMILES string of the molecule is CNCCC1CCN(C(=O)c2ccn(-c3c(F)cccc3F)n2)CC1. The molecule has 0 atom stereocenters. The summed E-state index contributed by atoms with van der Waals surface area (Å²) in [6.45, 7) is 2.36. The number of amides is 1. The Kier molecular flexibility index (Phi) is 5.43. The Morgan fingerprint density at radius 2 is 1.92 bits per heavy atom. The van der Waals surface area contributed by atoms with Crippen molar-refractivity contribution in [2.24, 2.45) is 5.92 Å². The first-order chi connectivity index (χ1) is 12.1. The van der Waals surface area contributed by atoms with Gasteiger partial charge in [0.25, 0.3) is 5.91 Å². The Labute approximate surface area is 145 Å². The normalized spacial score (nSPS) is 15.6. The molecule has 1 aromatic heterocycles. The third kappa shape index (κ3) is 3.87. The zero-order chi connectivity index (χ0) is 17.8. The standard InChI is InChI=1S/C18H22F2N4O/c1-21-9-5-13-6-10-23(11-7-13)18(25)16-8-12-24(22-16)17-14(19)3-2-4-15(17)20/h2-4,8,12-13,21H,5-7,9-11H2,1H3. The molecular weight excluding hydrogens is 326 g/mol. The Morgan fingerprint density at radius 3 is 2.56 bits per heavy atom. The summed E-state index contributed by atoms with van der Waals surface area (Å²) in [5.41, 5.74) is -0.0661. The van der Waals surface area contributed by atoms with Crippen molar-refractivity contribution in [2.45, 2.75) is 19.3 Å². The molecule has 7 heteroatoms. The summed E-state index contributed by atoms with van der Waals surface area (Å²) in [5.74, 6) is -0.996. The summed E-state index contributed by atoms with van der Waals surface area (Å²) in [7, 11) is 1.94. The topological polar surface area (TPSA) is 50.2 Å². The third-order valence-corrected chi connectivity index (χ3v) is 4.68. The number of para-hydroxylation sites is 1. The maximum absolute atomic E-state index is 13.8. The van der Waals surface area contributed by atoms with Crippen molar-refractivity contribution in [3.8, 4) is 5.69 Å². The largest absolute Gasteiger partial charge is 0.337 e. The van der Waals surface area contributed by atoms with E-state index in [1.165, 1.54) is 18.3 Å². The second-order valence-corrected chi connectivity index (χ2v) is 6.34. The molecule has 134 valence electrons. The molecule has 1 aromatic carbocycles. The van der Waals surface area contributed by atoms with Gasteiger partial charge in [0.2, 0.25) is 0 Å². The zero-order valence-corrected chi connectivity index (χ0v) is 14.2. The number of hydrogen-bond donors (Lipinski definition) is 1. The van der Waals surface area contributed by atoms with E-state index in [1.54, 1.807) is 4.90 Å². The van der Waals surface area contributed by atoms with E-state index >= 15 is 0 Å². The lowest BCUT2D eigenvalue weighted by molar-refractivity contribution is 0.0680. The van der Waals surface area contributed by atoms with Gasteiger partial charge in [0.1, 0.15) is 5.69 Å². The van der Waals surface area contributed by atoms with Gasteiger partial charge in [0.05, 0.1) is 0 Å². The summed E-state index contributed by atoms with van der Waals surface area (Å²) in [6, 6.07) is 5.12. The van der Waals surface area contributed by atoms with Crippen LogP contribution in [0.25, 0.3) is 5.69 Å². The minimum Gasteiger partial charge on any atom is -0.337 e. The van der Waals surface area contributed by atoms with Crippen LogP contribution in [0.3, 0.4) is 0 Å². The van der Waals surface area contributed by atoms with Crippen molar-refractivity contribution in [2.75, 3.05) is 26.7 Å². The summed E-state index contributed by atoms with van der Waals surface area (Å²) >= 11 is 0. The molecular formula is C18H22F2N4O. The van der Waals surface area contributed by atoms with Gasteiger partial charge in [-0.15, -0.1) is 0 Å². The molecule has 5 nitrogen and oxygen atoms in total. The van der Waals surface area contributed by atoms with E-state index in [0.717, 1.165) is 42.6 Å². The van der Waals surface area contributed by atoms with Crippen LogP contribution in [0.5, 0.6) is 0 Å². The van der Waals surface area contributed by atoms with Gasteiger partial charge in [0, 0.05) is 19.3 Å². The van der Waals surface area contributed by atoms with E-state index < -0.39 is 11.6 Å². The van der Waals surface area contributed by atoms with Crippen molar-refractivity contribution in [1.29, 1.82) is 0 Å². The first-order valence-corrected chi connectivity index (χ1v) is 8.54. The number of aromatic nitrogens is 2. The minimum absolute atomic E-state index is 0.192. The number of benzene rings is 1. The Bertz CT molecular complexity index is 718. The van der Waals surface area contributed by atoms with Gasteiger partial charge >= 0.3 is 0 Å². The molecule has 0 saturated carbocycles. The number of nitrogens with one attached hydrogen (secondary N) is 1. The number of likely N-dealkylation sites (tertiary alicyclic amines) is 1. The van der Waals surface area contributed by atoms with E-state index in [2.05, 4.69) is 10.4 Å². The minimum atomic E-state index is -0.715. The molecule has 1 amide bonds. The van der Waals surface area contributed by atoms with Crippen molar-refractivity contribution in [3.05, 3.63) is 47.8 Å². The second kappa shape index (κ2) is 7.74. The summed E-state index contributed by atoms with van der Waals surface area (Å²) < 4.78 is 28.8. The third-order valence-electron chi connectivity index (χ3n) is 4.68. The van der Waals surface area contributed by atoms with Gasteiger partial charge in [-0.2, -0.15) is 5.10 Å². The van der Waals surface area contributed by atoms with Crippen LogP contribution in [0.2, 0.25) is 0 Å². The van der Waals surface area contributed by atoms with Gasteiger partial charge < -0.3 is 10.2 Å². The fourth-order valence-electron chi connectivity index (χ4n) is 3.21. The fraction of sp³-hybridized carbons (Fsp3) is 0.444. The van der Waals surface area contributed by atoms with Crippen molar-refractivity contribution in [1.82, 2.24) is 20.0 Å². The number of carbonyl (C=O) groups is 1. The smallest absolute Gasteiger partial charge is 0.274 e. The van der Waals surface area contributed by atoms with E-state index in [1.807, 2.05) is 7.05 Å². The van der Waals surface area contributed by atoms with Crippen LogP contribution in [0.4, 0.5) is 8.78 Å². The highest BCUT2D eigenvalue weighted by atomic mass is 19.1.